The third-order valence-corrected chi connectivity index (χ3v) is 12.8. The summed E-state index contributed by atoms with van der Waals surface area (Å²) in [4.78, 5) is 60.1. The first kappa shape index (κ1) is 35.0. The summed E-state index contributed by atoms with van der Waals surface area (Å²) < 4.78 is 31.0. The van der Waals surface area contributed by atoms with Crippen LogP contribution in [-0.2, 0) is 19.2 Å². The molecule has 14 heteroatoms. The highest BCUT2D eigenvalue weighted by Gasteiger charge is 2.77. The molecule has 6 atom stereocenters. The molecule has 0 spiro atoms. The average molecular weight is 783 g/mol. The fourth-order valence-electron chi connectivity index (χ4n) is 8.88. The van der Waals surface area contributed by atoms with Crippen molar-refractivity contribution in [2.24, 2.45) is 17.8 Å². The van der Waals surface area contributed by atoms with Gasteiger partial charge in [0.2, 0.25) is 17.7 Å². The zero-order chi connectivity index (χ0) is 38.6. The number of alkyl halides is 2. The lowest BCUT2D eigenvalue weighted by Gasteiger charge is -2.50. The number of phenolic OH excluding ortho intramolecular Hbond substituents is 1. The zero-order valence-corrected chi connectivity index (χ0v) is 30.7. The molecule has 9 rings (SSSR count). The van der Waals surface area contributed by atoms with Gasteiger partial charge in [0.15, 0.2) is 15.3 Å². The van der Waals surface area contributed by atoms with Gasteiger partial charge in [-0.2, -0.15) is 0 Å². The number of hydrogen-bond acceptors (Lipinski definition) is 9. The van der Waals surface area contributed by atoms with Crippen LogP contribution < -0.4 is 19.3 Å². The van der Waals surface area contributed by atoms with Gasteiger partial charge >= 0.3 is 0 Å². The predicted octanol–water partition coefficient (Wildman–Crippen LogP) is 7.12. The quantitative estimate of drug-likeness (QED) is 0.108. The van der Waals surface area contributed by atoms with Crippen LogP contribution in [0.2, 0.25) is 0 Å². The summed E-state index contributed by atoms with van der Waals surface area (Å²) in [5, 5.41) is 11.6. The van der Waals surface area contributed by atoms with Crippen LogP contribution in [0.3, 0.4) is 0 Å². The fourth-order valence-corrected chi connectivity index (χ4v) is 9.80. The maximum atomic E-state index is 14.7. The van der Waals surface area contributed by atoms with Gasteiger partial charge in [0, 0.05) is 29.2 Å². The number of anilines is 2. The minimum absolute atomic E-state index is 0.0323. The molecule has 0 radical (unpaired) electrons. The number of carbonyl (C=O) groups excluding carboxylic acids is 4. The van der Waals surface area contributed by atoms with Crippen molar-refractivity contribution >= 4 is 69.3 Å². The Kier molecular flexibility index (Phi) is 7.90. The normalized spacial score (nSPS) is 27.3. The van der Waals surface area contributed by atoms with Gasteiger partial charge in [-0.25, -0.2) is 14.3 Å². The molecule has 3 heterocycles. The highest BCUT2D eigenvalue weighted by molar-refractivity contribution is 6.58. The second-order valence-corrected chi connectivity index (χ2v) is 15.3. The number of phenols is 1. The van der Waals surface area contributed by atoms with Crippen molar-refractivity contribution in [3.8, 4) is 28.7 Å². The van der Waals surface area contributed by atoms with E-state index < -0.39 is 62.9 Å². The van der Waals surface area contributed by atoms with Crippen LogP contribution in [0.15, 0.2) is 101 Å². The van der Waals surface area contributed by atoms with E-state index in [1.807, 2.05) is 24.3 Å². The molecule has 11 nitrogen and oxygen atoms in total. The first-order valence-corrected chi connectivity index (χ1v) is 18.2. The van der Waals surface area contributed by atoms with Crippen LogP contribution in [0.4, 0.5) is 15.8 Å². The number of oxazole rings is 1. The molecule has 0 bridgehead atoms. The predicted molar refractivity (Wildman–Crippen MR) is 200 cm³/mol. The van der Waals surface area contributed by atoms with Crippen molar-refractivity contribution in [2.75, 3.05) is 24.0 Å². The van der Waals surface area contributed by atoms with E-state index in [-0.39, 0.29) is 41.3 Å². The first-order valence-electron chi connectivity index (χ1n) is 17.4. The number of hydrogen-bond donors (Lipinski definition) is 1. The van der Waals surface area contributed by atoms with Crippen molar-refractivity contribution in [2.45, 2.75) is 28.5 Å². The Morgan fingerprint density at radius 3 is 2.24 bits per heavy atom. The largest absolute Gasteiger partial charge is 0.507 e. The maximum absolute atomic E-state index is 14.7. The summed E-state index contributed by atoms with van der Waals surface area (Å²) in [6.45, 7) is 0. The average Bonchev–Trinajstić information content (AvgIpc) is 3.78. The van der Waals surface area contributed by atoms with Crippen LogP contribution >= 0.6 is 23.2 Å². The molecule has 2 aliphatic carbocycles. The van der Waals surface area contributed by atoms with Gasteiger partial charge in [-0.1, -0.05) is 23.8 Å². The topological polar surface area (TPSA) is 139 Å². The second kappa shape index (κ2) is 12.4. The Balaban J connectivity index is 1.15. The van der Waals surface area contributed by atoms with Crippen molar-refractivity contribution in [3.63, 3.8) is 0 Å². The Morgan fingerprint density at radius 2 is 1.55 bits per heavy atom. The Bertz CT molecular complexity index is 2470. The zero-order valence-electron chi connectivity index (χ0n) is 29.2. The molecule has 1 aromatic heterocycles. The van der Waals surface area contributed by atoms with Crippen LogP contribution in [0.5, 0.6) is 17.2 Å². The Labute approximate surface area is 322 Å². The van der Waals surface area contributed by atoms with Crippen molar-refractivity contribution in [3.05, 3.63) is 108 Å². The lowest BCUT2D eigenvalue weighted by Crippen LogP contribution is -2.60. The van der Waals surface area contributed by atoms with Gasteiger partial charge < -0.3 is 19.0 Å². The van der Waals surface area contributed by atoms with Crippen LogP contribution in [0.25, 0.3) is 22.6 Å². The number of allylic oxidation sites excluding steroid dienone is 2. The number of carbonyl (C=O) groups is 4. The van der Waals surface area contributed by atoms with Crippen molar-refractivity contribution in [1.82, 2.24) is 4.98 Å². The molecule has 1 N–H and O–H groups in total. The van der Waals surface area contributed by atoms with Crippen LogP contribution in [0, 0.1) is 23.6 Å². The monoisotopic (exact) mass is 781 g/mol. The van der Waals surface area contributed by atoms with E-state index in [9.17, 15) is 28.7 Å². The number of aromatic hydroxyl groups is 1. The van der Waals surface area contributed by atoms with Gasteiger partial charge in [-0.15, -0.1) is 23.2 Å². The molecule has 4 aromatic carbocycles. The molecule has 2 aliphatic heterocycles. The summed E-state index contributed by atoms with van der Waals surface area (Å²) in [5.41, 5.74) is 2.80. The Morgan fingerprint density at radius 1 is 0.855 bits per heavy atom. The molecule has 55 heavy (non-hydrogen) atoms. The van der Waals surface area contributed by atoms with Gasteiger partial charge in [0.05, 0.1) is 37.4 Å². The van der Waals surface area contributed by atoms with E-state index in [1.54, 1.807) is 30.3 Å². The molecule has 6 unspecified atom stereocenters. The highest BCUT2D eigenvalue weighted by atomic mass is 35.5. The number of fused-ring (bicyclic) bond motifs is 5. The number of aromatic nitrogens is 1. The molecular weight excluding hydrogens is 752 g/mol. The number of rotatable bonds is 6. The van der Waals surface area contributed by atoms with Crippen molar-refractivity contribution in [1.29, 1.82) is 0 Å². The number of benzene rings is 4. The molecule has 2 saturated heterocycles. The maximum Gasteiger partial charge on any atom is 0.258 e. The third kappa shape index (κ3) is 4.83. The lowest BCUT2D eigenvalue weighted by molar-refractivity contribution is -0.125. The number of amides is 4. The Hall–Kier alpha value is -5.72. The summed E-state index contributed by atoms with van der Waals surface area (Å²) in [6, 6.07) is 21.6. The van der Waals surface area contributed by atoms with E-state index >= 15 is 0 Å². The van der Waals surface area contributed by atoms with Gasteiger partial charge in [0.1, 0.15) is 28.6 Å². The fraction of sp³-hybridized carbons (Fsp3) is 0.244. The van der Waals surface area contributed by atoms with E-state index in [0.717, 1.165) is 21.9 Å². The standard InChI is InChI=1S/C41H30Cl2FN3O8/c1-53-24-17-29(48)33(31(18-24)54-2)34-25-15-16-26-32(27(25)19-40(42)38(51)47(39(52)41(34,40)43)23-13-9-21(44)10-14-23)37(50)46(36(26)49)22-11-7-20(8-12-22)35-45-28-5-3-4-6-30(28)55-35/h3-15,17-18,26-27,32,34,48H,16,19H2,1-2H3. The second-order valence-electron chi connectivity index (χ2n) is 14.1. The summed E-state index contributed by atoms with van der Waals surface area (Å²) in [7, 11) is 2.76. The summed E-state index contributed by atoms with van der Waals surface area (Å²) >= 11 is 14.9. The number of methoxy groups -OCH3 is 2. The van der Waals surface area contributed by atoms with Gasteiger partial charge in [-0.3, -0.25) is 24.1 Å². The smallest absolute Gasteiger partial charge is 0.258 e. The number of nitrogens with zero attached hydrogens (tertiary/aromatic N) is 3. The van der Waals surface area contributed by atoms with E-state index in [4.69, 9.17) is 37.1 Å². The molecule has 4 amide bonds. The molecule has 1 saturated carbocycles. The third-order valence-electron chi connectivity index (χ3n) is 11.4. The SMILES string of the molecule is COc1cc(O)c(C2C3=CCC4C(=O)N(c5ccc(-c6nc7ccccc7o6)cc5)C(=O)C4C3CC3(Cl)C(=O)N(c4ccc(F)cc4)C(=O)C23Cl)c(OC)c1. The van der Waals surface area contributed by atoms with Gasteiger partial charge in [-0.05, 0) is 79.4 Å². The van der Waals surface area contributed by atoms with E-state index in [1.165, 1.54) is 38.5 Å². The minimum atomic E-state index is -2.28. The van der Waals surface area contributed by atoms with E-state index in [2.05, 4.69) is 4.98 Å². The number of imide groups is 2. The highest BCUT2D eigenvalue weighted by Crippen LogP contribution is 2.67. The minimum Gasteiger partial charge on any atom is -0.507 e. The number of para-hydroxylation sites is 2. The van der Waals surface area contributed by atoms with Gasteiger partial charge in [0.25, 0.3) is 11.8 Å². The lowest BCUT2D eigenvalue weighted by atomic mass is 9.56. The van der Waals surface area contributed by atoms with Crippen LogP contribution in [0.1, 0.15) is 24.3 Å². The number of halogens is 3. The summed E-state index contributed by atoms with van der Waals surface area (Å²) in [6.07, 6.45) is 1.55. The molecule has 4 aliphatic rings. The van der Waals surface area contributed by atoms with Crippen LogP contribution in [-0.4, -0.2) is 57.7 Å². The molecular formula is C41H30Cl2FN3O8. The first-order chi connectivity index (χ1) is 26.4. The van der Waals surface area contributed by atoms with Crippen molar-refractivity contribution < 1.29 is 42.6 Å². The molecule has 278 valence electrons. The number of ether oxygens (including phenoxy) is 2. The van der Waals surface area contributed by atoms with E-state index in [0.29, 0.717) is 33.8 Å². The molecule has 5 aromatic rings. The molecule has 3 fully saturated rings. The summed E-state index contributed by atoms with van der Waals surface area (Å²) in [5.74, 6) is -7.04.